The number of alkyl halides is 2. The number of ether oxygens (including phenoxy) is 1. The zero-order chi connectivity index (χ0) is 26.8. The van der Waals surface area contributed by atoms with Crippen molar-refractivity contribution in [1.82, 2.24) is 14.9 Å². The Labute approximate surface area is 217 Å². The summed E-state index contributed by atoms with van der Waals surface area (Å²) in [5.41, 5.74) is 2.55. The molecule has 0 spiro atoms. The SMILES string of the molecule is CCC\C(Cl)=C/C=C\C(C)=C\C(=N)C1c2nc[nH]c2CCN1C(=O)/C(OC=C(C)CC)=C(/C)C(F)F. The molecule has 0 saturated heterocycles. The van der Waals surface area contributed by atoms with E-state index in [4.69, 9.17) is 21.7 Å². The Hall–Kier alpha value is -3.00. The van der Waals surface area contributed by atoms with Gasteiger partial charge in [-0.15, -0.1) is 0 Å². The third kappa shape index (κ3) is 7.75. The molecule has 36 heavy (non-hydrogen) atoms. The highest BCUT2D eigenvalue weighted by Gasteiger charge is 2.38. The Balaban J connectivity index is 2.43. The number of rotatable bonds is 11. The van der Waals surface area contributed by atoms with Crippen molar-refractivity contribution >= 4 is 23.2 Å². The maximum Gasteiger partial charge on any atom is 0.290 e. The second-order valence-electron chi connectivity index (χ2n) is 8.73. The summed E-state index contributed by atoms with van der Waals surface area (Å²) in [4.78, 5) is 22.4. The van der Waals surface area contributed by atoms with Crippen LogP contribution in [0, 0.1) is 5.41 Å². The zero-order valence-corrected chi connectivity index (χ0v) is 22.3. The summed E-state index contributed by atoms with van der Waals surface area (Å²) in [6, 6.07) is -0.851. The van der Waals surface area contributed by atoms with Gasteiger partial charge in [0, 0.05) is 29.3 Å². The summed E-state index contributed by atoms with van der Waals surface area (Å²) in [5, 5.41) is 9.55. The molecule has 1 atom stereocenters. The van der Waals surface area contributed by atoms with Crippen molar-refractivity contribution in [2.45, 2.75) is 72.8 Å². The van der Waals surface area contributed by atoms with Crippen LogP contribution in [-0.2, 0) is 16.0 Å². The van der Waals surface area contributed by atoms with Crippen molar-refractivity contribution < 1.29 is 18.3 Å². The zero-order valence-electron chi connectivity index (χ0n) is 21.5. The number of hydrogen-bond acceptors (Lipinski definition) is 4. The molecule has 0 aliphatic carbocycles. The lowest BCUT2D eigenvalue weighted by Gasteiger charge is -2.35. The topological polar surface area (TPSA) is 82.1 Å². The molecule has 2 N–H and O–H groups in total. The average molecular weight is 521 g/mol. The quantitative estimate of drug-likeness (QED) is 0.141. The Morgan fingerprint density at radius 1 is 1.36 bits per heavy atom. The van der Waals surface area contributed by atoms with Crippen LogP contribution in [0.15, 0.2) is 64.4 Å². The molecule has 6 nitrogen and oxygen atoms in total. The third-order valence-corrected chi connectivity index (χ3v) is 6.12. The number of allylic oxidation sites excluding steroid dienone is 7. The number of amides is 1. The summed E-state index contributed by atoms with van der Waals surface area (Å²) in [7, 11) is 0. The predicted molar refractivity (Wildman–Crippen MR) is 140 cm³/mol. The first-order valence-corrected chi connectivity index (χ1v) is 12.4. The van der Waals surface area contributed by atoms with E-state index >= 15 is 0 Å². The first kappa shape index (κ1) is 29.2. The third-order valence-electron chi connectivity index (χ3n) is 5.80. The fourth-order valence-corrected chi connectivity index (χ4v) is 3.86. The second-order valence-corrected chi connectivity index (χ2v) is 9.22. The van der Waals surface area contributed by atoms with E-state index in [0.717, 1.165) is 34.7 Å². The van der Waals surface area contributed by atoms with Crippen molar-refractivity contribution in [3.8, 4) is 0 Å². The number of H-pyrrole nitrogens is 1. The van der Waals surface area contributed by atoms with Crippen LogP contribution in [0.4, 0.5) is 8.78 Å². The average Bonchev–Trinajstić information content (AvgIpc) is 3.31. The minimum absolute atomic E-state index is 0.108. The molecule has 0 aromatic carbocycles. The number of fused-ring (bicyclic) bond motifs is 1. The summed E-state index contributed by atoms with van der Waals surface area (Å²) < 4.78 is 32.8. The van der Waals surface area contributed by atoms with Gasteiger partial charge in [-0.25, -0.2) is 13.8 Å². The van der Waals surface area contributed by atoms with E-state index < -0.39 is 29.7 Å². The molecular formula is C27H35ClF2N4O2. The molecule has 0 saturated carbocycles. The highest BCUT2D eigenvalue weighted by atomic mass is 35.5. The first-order valence-electron chi connectivity index (χ1n) is 12.0. The van der Waals surface area contributed by atoms with Gasteiger partial charge in [0.15, 0.2) is 5.76 Å². The van der Waals surface area contributed by atoms with Gasteiger partial charge in [-0.05, 0) is 56.9 Å². The lowest BCUT2D eigenvalue weighted by molar-refractivity contribution is -0.131. The summed E-state index contributed by atoms with van der Waals surface area (Å²) in [6.07, 6.45) is 9.90. The molecule has 1 aliphatic heterocycles. The van der Waals surface area contributed by atoms with E-state index in [1.807, 2.05) is 39.0 Å². The van der Waals surface area contributed by atoms with Crippen LogP contribution in [0.25, 0.3) is 0 Å². The fraction of sp³-hybridized carbons (Fsp3) is 0.444. The van der Waals surface area contributed by atoms with Gasteiger partial charge < -0.3 is 20.0 Å². The molecule has 2 heterocycles. The van der Waals surface area contributed by atoms with E-state index in [-0.39, 0.29) is 12.3 Å². The van der Waals surface area contributed by atoms with Crippen molar-refractivity contribution in [2.24, 2.45) is 0 Å². The minimum Gasteiger partial charge on any atom is -0.459 e. The van der Waals surface area contributed by atoms with E-state index in [2.05, 4.69) is 9.97 Å². The second kappa shape index (κ2) is 13.9. The standard InChI is InChI=1S/C27H35ClF2N4O2/c1-6-9-20(28)11-8-10-18(4)14-21(31)24-23-22(32-16-33-23)12-13-34(24)27(35)25(19(5)26(29)30)36-15-17(3)7-2/h8,10-11,14-16,24,26,31H,6-7,9,12-13H2,1-5H3,(H,32,33)/b10-8-,17-15?,18-14+,20-11+,25-19+,31-21?. The highest BCUT2D eigenvalue weighted by molar-refractivity contribution is 6.29. The van der Waals surface area contributed by atoms with E-state index in [1.165, 1.54) is 24.4 Å². The minimum atomic E-state index is -2.86. The van der Waals surface area contributed by atoms with Crippen LogP contribution >= 0.6 is 11.6 Å². The molecule has 1 aromatic heterocycles. The smallest absolute Gasteiger partial charge is 0.290 e. The Kier molecular flexibility index (Phi) is 11.3. The lowest BCUT2D eigenvalue weighted by Crippen LogP contribution is -2.44. The van der Waals surface area contributed by atoms with Gasteiger partial charge in [0.2, 0.25) is 0 Å². The van der Waals surface area contributed by atoms with Gasteiger partial charge in [-0.2, -0.15) is 0 Å². The van der Waals surface area contributed by atoms with Crippen LogP contribution < -0.4 is 0 Å². The maximum absolute atomic E-state index is 13.6. The number of carbonyl (C=O) groups excluding carboxylic acids is 1. The van der Waals surface area contributed by atoms with Gasteiger partial charge >= 0.3 is 0 Å². The van der Waals surface area contributed by atoms with Crippen LogP contribution in [0.5, 0.6) is 0 Å². The van der Waals surface area contributed by atoms with Crippen LogP contribution in [0.3, 0.4) is 0 Å². The number of imidazole rings is 1. The highest BCUT2D eigenvalue weighted by Crippen LogP contribution is 2.32. The summed E-state index contributed by atoms with van der Waals surface area (Å²) in [6.45, 7) is 8.98. The number of hydrogen-bond donors (Lipinski definition) is 2. The Morgan fingerprint density at radius 3 is 2.72 bits per heavy atom. The number of aromatic nitrogens is 2. The number of nitrogens with zero attached hydrogens (tertiary/aromatic N) is 2. The summed E-state index contributed by atoms with van der Waals surface area (Å²) >= 11 is 6.14. The Bertz CT molecular complexity index is 1100. The van der Waals surface area contributed by atoms with Gasteiger partial charge in [-0.1, -0.05) is 44.0 Å². The van der Waals surface area contributed by atoms with Crippen molar-refractivity contribution in [1.29, 1.82) is 5.41 Å². The maximum atomic E-state index is 13.6. The molecule has 1 unspecified atom stereocenters. The normalized spacial score (nSPS) is 18.0. The molecule has 0 bridgehead atoms. The van der Waals surface area contributed by atoms with E-state index in [9.17, 15) is 13.6 Å². The van der Waals surface area contributed by atoms with Crippen molar-refractivity contribution in [3.05, 3.63) is 75.8 Å². The number of halogens is 3. The molecule has 0 radical (unpaired) electrons. The van der Waals surface area contributed by atoms with Crippen LogP contribution in [0.1, 0.15) is 71.3 Å². The molecule has 9 heteroatoms. The lowest BCUT2D eigenvalue weighted by atomic mass is 9.96. The fourth-order valence-electron chi connectivity index (χ4n) is 3.59. The van der Waals surface area contributed by atoms with Crippen molar-refractivity contribution in [3.63, 3.8) is 0 Å². The van der Waals surface area contributed by atoms with Gasteiger partial charge in [0.1, 0.15) is 6.04 Å². The van der Waals surface area contributed by atoms with E-state index in [0.29, 0.717) is 18.5 Å². The molecule has 2 rings (SSSR count). The van der Waals surface area contributed by atoms with Crippen LogP contribution in [-0.4, -0.2) is 39.5 Å². The number of carbonyl (C=O) groups is 1. The van der Waals surface area contributed by atoms with Gasteiger partial charge in [-0.3, -0.25) is 4.79 Å². The van der Waals surface area contributed by atoms with Gasteiger partial charge in [0.25, 0.3) is 12.3 Å². The molecule has 1 aliphatic rings. The molecule has 1 amide bonds. The molecule has 196 valence electrons. The largest absolute Gasteiger partial charge is 0.459 e. The van der Waals surface area contributed by atoms with Crippen LogP contribution in [0.2, 0.25) is 0 Å². The Morgan fingerprint density at radius 2 is 2.08 bits per heavy atom. The molecular weight excluding hydrogens is 486 g/mol. The van der Waals surface area contributed by atoms with E-state index in [1.54, 1.807) is 13.0 Å². The predicted octanol–water partition coefficient (Wildman–Crippen LogP) is 7.15. The molecule has 1 aromatic rings. The monoisotopic (exact) mass is 520 g/mol. The first-order chi connectivity index (χ1) is 17.1. The van der Waals surface area contributed by atoms with Gasteiger partial charge in [0.05, 0.1) is 24.0 Å². The van der Waals surface area contributed by atoms with Crippen molar-refractivity contribution in [2.75, 3.05) is 6.54 Å². The number of aromatic amines is 1. The number of nitrogens with one attached hydrogen (secondary N) is 2. The summed E-state index contributed by atoms with van der Waals surface area (Å²) in [5.74, 6) is -1.13. The molecule has 0 fully saturated rings.